The molecule has 7 rings (SSSR count). The maximum atomic E-state index is 13.4. The largest absolute Gasteiger partial charge is 0.294 e. The second-order valence-corrected chi connectivity index (χ2v) is 11.2. The van der Waals surface area contributed by atoms with Crippen molar-refractivity contribution < 1.29 is 8.42 Å². The van der Waals surface area contributed by atoms with Gasteiger partial charge < -0.3 is 0 Å². The van der Waals surface area contributed by atoms with E-state index in [-0.39, 0.29) is 9.79 Å². The second-order valence-electron chi connectivity index (χ2n) is 9.29. The molecular formula is C32H22N4O2S. The van der Waals surface area contributed by atoms with Gasteiger partial charge in [0, 0.05) is 17.0 Å². The Labute approximate surface area is 225 Å². The Morgan fingerprint density at radius 3 is 1.77 bits per heavy atom. The molecule has 6 nitrogen and oxygen atoms in total. The van der Waals surface area contributed by atoms with Gasteiger partial charge in [-0.25, -0.2) is 13.4 Å². The van der Waals surface area contributed by atoms with E-state index in [1.165, 1.54) is 0 Å². The first-order valence-corrected chi connectivity index (χ1v) is 13.9. The smallest absolute Gasteiger partial charge is 0.236 e. The topological polar surface area (TPSA) is 68.1 Å². The SMILES string of the molecule is C=Cc1ccc2c(c1)c1cc(C=C)ccc1n2-c1ccnc(N2c3ccccc3S(=O)(=O)c3ccccc32)n1. The van der Waals surface area contributed by atoms with E-state index in [0.717, 1.165) is 32.9 Å². The Balaban J connectivity index is 1.50. The van der Waals surface area contributed by atoms with E-state index in [1.807, 2.05) is 47.4 Å². The zero-order valence-corrected chi connectivity index (χ0v) is 21.6. The number of para-hydroxylation sites is 2. The van der Waals surface area contributed by atoms with E-state index in [9.17, 15) is 8.42 Å². The van der Waals surface area contributed by atoms with E-state index in [4.69, 9.17) is 4.98 Å². The van der Waals surface area contributed by atoms with E-state index >= 15 is 0 Å². The number of aromatic nitrogens is 3. The number of hydrogen-bond donors (Lipinski definition) is 0. The maximum Gasteiger partial charge on any atom is 0.236 e. The van der Waals surface area contributed by atoms with Gasteiger partial charge in [-0.05, 0) is 65.7 Å². The van der Waals surface area contributed by atoms with Crippen LogP contribution in [0.2, 0.25) is 0 Å². The Morgan fingerprint density at radius 1 is 0.692 bits per heavy atom. The fourth-order valence-corrected chi connectivity index (χ4v) is 6.95. The molecule has 6 aromatic rings. The van der Waals surface area contributed by atoms with E-state index in [0.29, 0.717) is 23.1 Å². The van der Waals surface area contributed by atoms with Gasteiger partial charge in [0.1, 0.15) is 5.82 Å². The fourth-order valence-electron chi connectivity index (χ4n) is 5.33. The van der Waals surface area contributed by atoms with Crippen LogP contribution in [0.25, 0.3) is 39.8 Å². The van der Waals surface area contributed by atoms with Crippen molar-refractivity contribution in [2.75, 3.05) is 4.90 Å². The number of sulfone groups is 1. The second kappa shape index (κ2) is 8.51. The predicted octanol–water partition coefficient (Wildman–Crippen LogP) is 7.48. The van der Waals surface area contributed by atoms with Crippen molar-refractivity contribution >= 4 is 61.1 Å². The third kappa shape index (κ3) is 3.37. The van der Waals surface area contributed by atoms with Crippen LogP contribution < -0.4 is 4.90 Å². The number of hydrogen-bond acceptors (Lipinski definition) is 5. The molecule has 0 N–H and O–H groups in total. The van der Waals surface area contributed by atoms with Crippen LogP contribution in [0.1, 0.15) is 11.1 Å². The summed E-state index contributed by atoms with van der Waals surface area (Å²) in [6.07, 6.45) is 5.38. The van der Waals surface area contributed by atoms with Crippen molar-refractivity contribution in [1.29, 1.82) is 0 Å². The first-order valence-electron chi connectivity index (χ1n) is 12.4. The van der Waals surface area contributed by atoms with Gasteiger partial charge in [0.2, 0.25) is 15.8 Å². The lowest BCUT2D eigenvalue weighted by Gasteiger charge is -2.31. The summed E-state index contributed by atoms with van der Waals surface area (Å²) in [7, 11) is -3.69. The molecule has 0 amide bonds. The van der Waals surface area contributed by atoms with E-state index in [1.54, 1.807) is 42.6 Å². The van der Waals surface area contributed by atoms with Crippen molar-refractivity contribution in [1.82, 2.24) is 14.5 Å². The molecule has 0 atom stereocenters. The number of fused-ring (bicyclic) bond motifs is 5. The lowest BCUT2D eigenvalue weighted by Crippen LogP contribution is -2.23. The fraction of sp³-hybridized carbons (Fsp3) is 0. The maximum absolute atomic E-state index is 13.4. The summed E-state index contributed by atoms with van der Waals surface area (Å²) >= 11 is 0. The molecule has 0 radical (unpaired) electrons. The molecule has 2 aromatic heterocycles. The number of benzene rings is 4. The van der Waals surface area contributed by atoms with Crippen LogP contribution in [0.4, 0.5) is 17.3 Å². The monoisotopic (exact) mass is 526 g/mol. The molecule has 3 heterocycles. The Bertz CT molecular complexity index is 1970. The van der Waals surface area contributed by atoms with Gasteiger partial charge in [0.05, 0.1) is 32.2 Å². The lowest BCUT2D eigenvalue weighted by molar-refractivity contribution is 0.595. The molecule has 4 aromatic carbocycles. The minimum Gasteiger partial charge on any atom is -0.294 e. The zero-order valence-electron chi connectivity index (χ0n) is 20.8. The van der Waals surface area contributed by atoms with E-state index < -0.39 is 9.84 Å². The number of anilines is 3. The first-order chi connectivity index (χ1) is 19.0. The van der Waals surface area contributed by atoms with Crippen LogP contribution >= 0.6 is 0 Å². The standard InChI is InChI=1S/C32H22N4O2S/c1-3-21-13-15-25-23(19-21)24-20-22(4-2)14-16-26(24)35(25)31-17-18-33-32(34-31)36-27-9-5-7-11-29(27)39(37,38)30-12-8-6-10-28(30)36/h3-20H,1-2H2. The molecular weight excluding hydrogens is 504 g/mol. The minimum absolute atomic E-state index is 0.225. The highest BCUT2D eigenvalue weighted by atomic mass is 32.2. The highest BCUT2D eigenvalue weighted by Gasteiger charge is 2.35. The summed E-state index contributed by atoms with van der Waals surface area (Å²) in [6.45, 7) is 7.87. The molecule has 1 aliphatic rings. The van der Waals surface area contributed by atoms with Crippen molar-refractivity contribution in [3.05, 3.63) is 121 Å². The first kappa shape index (κ1) is 23.1. The van der Waals surface area contributed by atoms with Gasteiger partial charge in [0.25, 0.3) is 0 Å². The predicted molar refractivity (Wildman–Crippen MR) is 157 cm³/mol. The normalized spacial score (nSPS) is 13.7. The molecule has 7 heteroatoms. The molecule has 188 valence electrons. The number of nitrogens with zero attached hydrogens (tertiary/aromatic N) is 4. The molecule has 0 unspecified atom stereocenters. The van der Waals surface area contributed by atoms with Gasteiger partial charge in [-0.3, -0.25) is 9.47 Å². The number of rotatable bonds is 4. The molecule has 39 heavy (non-hydrogen) atoms. The Morgan fingerprint density at radius 2 is 1.23 bits per heavy atom. The summed E-state index contributed by atoms with van der Waals surface area (Å²) in [4.78, 5) is 11.9. The summed E-state index contributed by atoms with van der Waals surface area (Å²) < 4.78 is 29.0. The molecule has 1 aliphatic heterocycles. The molecule has 0 saturated carbocycles. The Hall–Kier alpha value is -5.01. The highest BCUT2D eigenvalue weighted by molar-refractivity contribution is 7.92. The van der Waals surface area contributed by atoms with Gasteiger partial charge in [0.15, 0.2) is 0 Å². The van der Waals surface area contributed by atoms with Gasteiger partial charge in [-0.1, -0.05) is 61.7 Å². The summed E-state index contributed by atoms with van der Waals surface area (Å²) in [5, 5.41) is 2.15. The van der Waals surface area contributed by atoms with Crippen molar-refractivity contribution in [2.45, 2.75) is 9.79 Å². The third-order valence-electron chi connectivity index (χ3n) is 7.13. The van der Waals surface area contributed by atoms with E-state index in [2.05, 4.69) is 47.0 Å². The van der Waals surface area contributed by atoms with Crippen LogP contribution in [0.15, 0.2) is 120 Å². The van der Waals surface area contributed by atoms with Crippen LogP contribution in [0.5, 0.6) is 0 Å². The average molecular weight is 527 g/mol. The molecule has 0 bridgehead atoms. The minimum atomic E-state index is -3.69. The summed E-state index contributed by atoms with van der Waals surface area (Å²) in [6, 6.07) is 28.2. The average Bonchev–Trinajstić information content (AvgIpc) is 3.30. The van der Waals surface area contributed by atoms with Crippen LogP contribution in [0.3, 0.4) is 0 Å². The lowest BCUT2D eigenvalue weighted by atomic mass is 10.1. The van der Waals surface area contributed by atoms with Crippen molar-refractivity contribution in [2.24, 2.45) is 0 Å². The quantitative estimate of drug-likeness (QED) is 0.238. The molecule has 0 spiro atoms. The van der Waals surface area contributed by atoms with Crippen LogP contribution in [-0.4, -0.2) is 23.0 Å². The van der Waals surface area contributed by atoms with Crippen LogP contribution in [-0.2, 0) is 9.84 Å². The molecule has 0 aliphatic carbocycles. The summed E-state index contributed by atoms with van der Waals surface area (Å²) in [5.74, 6) is 1.05. The van der Waals surface area contributed by atoms with Gasteiger partial charge >= 0.3 is 0 Å². The van der Waals surface area contributed by atoms with Gasteiger partial charge in [-0.15, -0.1) is 0 Å². The Kier molecular flexibility index (Phi) is 5.05. The van der Waals surface area contributed by atoms with Crippen molar-refractivity contribution in [3.8, 4) is 5.82 Å². The summed E-state index contributed by atoms with van der Waals surface area (Å²) in [5.41, 5.74) is 5.06. The molecule has 0 saturated heterocycles. The third-order valence-corrected chi connectivity index (χ3v) is 8.98. The van der Waals surface area contributed by atoms with Crippen LogP contribution in [0, 0.1) is 0 Å². The molecule has 0 fully saturated rings. The zero-order chi connectivity index (χ0) is 26.7. The van der Waals surface area contributed by atoms with Gasteiger partial charge in [-0.2, -0.15) is 4.98 Å². The van der Waals surface area contributed by atoms with Crippen molar-refractivity contribution in [3.63, 3.8) is 0 Å². The highest BCUT2D eigenvalue weighted by Crippen LogP contribution is 2.47.